The van der Waals surface area contributed by atoms with Crippen molar-refractivity contribution in [1.29, 1.82) is 0 Å². The van der Waals surface area contributed by atoms with Crippen LogP contribution in [0.2, 0.25) is 0 Å². The molecule has 0 aliphatic heterocycles. The summed E-state index contributed by atoms with van der Waals surface area (Å²) in [7, 11) is 0. The normalized spacial score (nSPS) is 15.3. The topological polar surface area (TPSA) is 57.4 Å². The van der Waals surface area contributed by atoms with Gasteiger partial charge < -0.3 is 0 Å². The van der Waals surface area contributed by atoms with E-state index in [2.05, 4.69) is 46.4 Å². The Kier molecular flexibility index (Phi) is 3.40. The van der Waals surface area contributed by atoms with Gasteiger partial charge in [0.05, 0.1) is 11.4 Å². The van der Waals surface area contributed by atoms with Crippen molar-refractivity contribution in [2.45, 2.75) is 57.8 Å². The van der Waals surface area contributed by atoms with Crippen molar-refractivity contribution in [3.05, 3.63) is 34.9 Å². The number of rotatable bonds is 6. The third kappa shape index (κ3) is 3.06. The maximum atomic E-state index is 4.38. The summed E-state index contributed by atoms with van der Waals surface area (Å²) in [4.78, 5) is 0. The fraction of sp³-hybridized carbons (Fsp3) is 0.600. The number of H-pyrrole nitrogens is 2. The van der Waals surface area contributed by atoms with Crippen molar-refractivity contribution in [3.63, 3.8) is 0 Å². The van der Waals surface area contributed by atoms with Gasteiger partial charge in [-0.2, -0.15) is 10.2 Å². The van der Waals surface area contributed by atoms with Gasteiger partial charge in [-0.25, -0.2) is 0 Å². The highest BCUT2D eigenvalue weighted by atomic mass is 15.1. The van der Waals surface area contributed by atoms with Gasteiger partial charge in [0, 0.05) is 17.3 Å². The summed E-state index contributed by atoms with van der Waals surface area (Å²) in [5.74, 6) is 1.26. The second-order valence-electron chi connectivity index (χ2n) is 5.92. The van der Waals surface area contributed by atoms with Crippen molar-refractivity contribution in [1.82, 2.24) is 20.4 Å². The van der Waals surface area contributed by atoms with E-state index in [0.29, 0.717) is 5.92 Å². The number of hydrogen-bond acceptors (Lipinski definition) is 2. The fourth-order valence-electron chi connectivity index (χ4n) is 2.36. The Bertz CT molecular complexity index is 494. The molecule has 4 heteroatoms. The molecule has 19 heavy (non-hydrogen) atoms. The highest BCUT2D eigenvalue weighted by molar-refractivity contribution is 5.18. The zero-order valence-corrected chi connectivity index (χ0v) is 11.7. The first-order chi connectivity index (χ1) is 9.22. The molecule has 1 aliphatic carbocycles. The number of hydrogen-bond donors (Lipinski definition) is 2. The Morgan fingerprint density at radius 3 is 2.68 bits per heavy atom. The molecule has 2 aromatic rings. The van der Waals surface area contributed by atoms with Crippen LogP contribution in [0.25, 0.3) is 0 Å². The molecule has 3 rings (SSSR count). The summed E-state index contributed by atoms with van der Waals surface area (Å²) >= 11 is 0. The lowest BCUT2D eigenvalue weighted by Gasteiger charge is -1.97. The van der Waals surface area contributed by atoms with E-state index in [1.165, 1.54) is 35.6 Å². The van der Waals surface area contributed by atoms with Crippen LogP contribution in [0.15, 0.2) is 12.1 Å². The molecule has 0 unspecified atom stereocenters. The van der Waals surface area contributed by atoms with E-state index in [-0.39, 0.29) is 0 Å². The molecule has 1 fully saturated rings. The van der Waals surface area contributed by atoms with Crippen LogP contribution in [0.5, 0.6) is 0 Å². The second kappa shape index (κ2) is 5.19. The molecule has 102 valence electrons. The standard InChI is InChI=1S/C15H22N4/c1-10(2)14-8-12(16-18-14)4-3-5-13-9-15(19-17-13)11-6-7-11/h8-11H,3-7H2,1-2H3,(H,16,18)(H,17,19). The average Bonchev–Trinajstić information content (AvgIpc) is 2.94. The maximum absolute atomic E-state index is 4.38. The van der Waals surface area contributed by atoms with E-state index in [1.54, 1.807) is 0 Å². The second-order valence-corrected chi connectivity index (χ2v) is 5.92. The summed E-state index contributed by atoms with van der Waals surface area (Å²) < 4.78 is 0. The van der Waals surface area contributed by atoms with E-state index in [0.717, 1.165) is 25.2 Å². The zero-order chi connectivity index (χ0) is 13.2. The predicted octanol–water partition coefficient (Wildman–Crippen LogP) is 3.31. The maximum Gasteiger partial charge on any atom is 0.0655 e. The summed E-state index contributed by atoms with van der Waals surface area (Å²) in [6.07, 6.45) is 5.84. The van der Waals surface area contributed by atoms with E-state index in [4.69, 9.17) is 0 Å². The molecule has 1 saturated carbocycles. The number of nitrogens with zero attached hydrogens (tertiary/aromatic N) is 2. The third-order valence-corrected chi connectivity index (χ3v) is 3.80. The van der Waals surface area contributed by atoms with Gasteiger partial charge >= 0.3 is 0 Å². The minimum Gasteiger partial charge on any atom is -0.282 e. The van der Waals surface area contributed by atoms with Gasteiger partial charge in [0.15, 0.2) is 0 Å². The first-order valence-electron chi connectivity index (χ1n) is 7.30. The van der Waals surface area contributed by atoms with Gasteiger partial charge in [0.25, 0.3) is 0 Å². The lowest BCUT2D eigenvalue weighted by atomic mass is 10.1. The first kappa shape index (κ1) is 12.5. The SMILES string of the molecule is CC(C)c1cc(CCCc2cc(C3CC3)n[nH]2)n[nH]1. The molecule has 0 radical (unpaired) electrons. The molecule has 0 aromatic carbocycles. The van der Waals surface area contributed by atoms with Crippen molar-refractivity contribution in [2.24, 2.45) is 0 Å². The minimum absolute atomic E-state index is 0.523. The lowest BCUT2D eigenvalue weighted by Crippen LogP contribution is -1.90. The predicted molar refractivity (Wildman–Crippen MR) is 75.3 cm³/mol. The van der Waals surface area contributed by atoms with Crippen LogP contribution < -0.4 is 0 Å². The lowest BCUT2D eigenvalue weighted by molar-refractivity contribution is 0.768. The molecule has 0 spiro atoms. The summed E-state index contributed by atoms with van der Waals surface area (Å²) in [6.45, 7) is 4.36. The highest BCUT2D eigenvalue weighted by Gasteiger charge is 2.25. The van der Waals surface area contributed by atoms with Crippen molar-refractivity contribution < 1.29 is 0 Å². The fourth-order valence-corrected chi connectivity index (χ4v) is 2.36. The van der Waals surface area contributed by atoms with Gasteiger partial charge in [-0.1, -0.05) is 13.8 Å². The summed E-state index contributed by atoms with van der Waals surface area (Å²) in [6, 6.07) is 4.43. The van der Waals surface area contributed by atoms with Crippen LogP contribution in [0, 0.1) is 0 Å². The number of aromatic nitrogens is 4. The number of nitrogens with one attached hydrogen (secondary N) is 2. The van der Waals surface area contributed by atoms with E-state index in [9.17, 15) is 0 Å². The Morgan fingerprint density at radius 1 is 1.16 bits per heavy atom. The van der Waals surface area contributed by atoms with Gasteiger partial charge in [0.1, 0.15) is 0 Å². The Morgan fingerprint density at radius 2 is 2.00 bits per heavy atom. The molecular formula is C15H22N4. The molecular weight excluding hydrogens is 236 g/mol. The summed E-state index contributed by atoms with van der Waals surface area (Å²) in [5.41, 5.74) is 4.93. The minimum atomic E-state index is 0.523. The molecule has 0 atom stereocenters. The molecule has 0 bridgehead atoms. The molecule has 2 N–H and O–H groups in total. The smallest absolute Gasteiger partial charge is 0.0655 e. The quantitative estimate of drug-likeness (QED) is 0.835. The largest absolute Gasteiger partial charge is 0.282 e. The third-order valence-electron chi connectivity index (χ3n) is 3.80. The van der Waals surface area contributed by atoms with Crippen molar-refractivity contribution >= 4 is 0 Å². The van der Waals surface area contributed by atoms with Gasteiger partial charge in [0.2, 0.25) is 0 Å². The van der Waals surface area contributed by atoms with Crippen LogP contribution >= 0.6 is 0 Å². The van der Waals surface area contributed by atoms with Crippen molar-refractivity contribution in [3.8, 4) is 0 Å². The summed E-state index contributed by atoms with van der Waals surface area (Å²) in [5, 5.41) is 15.0. The van der Waals surface area contributed by atoms with E-state index < -0.39 is 0 Å². The van der Waals surface area contributed by atoms with Gasteiger partial charge in [-0.15, -0.1) is 0 Å². The van der Waals surface area contributed by atoms with Gasteiger partial charge in [-0.05, 0) is 50.2 Å². The molecule has 4 nitrogen and oxygen atoms in total. The number of aromatic amines is 2. The highest BCUT2D eigenvalue weighted by Crippen LogP contribution is 2.39. The monoisotopic (exact) mass is 258 g/mol. The molecule has 0 amide bonds. The van der Waals surface area contributed by atoms with Crippen LogP contribution in [-0.4, -0.2) is 20.4 Å². The zero-order valence-electron chi connectivity index (χ0n) is 11.7. The van der Waals surface area contributed by atoms with Crippen LogP contribution in [0.1, 0.15) is 67.7 Å². The molecule has 0 saturated heterocycles. The van der Waals surface area contributed by atoms with Crippen LogP contribution in [0.3, 0.4) is 0 Å². The van der Waals surface area contributed by atoms with E-state index in [1.807, 2.05) is 0 Å². The first-order valence-corrected chi connectivity index (χ1v) is 7.30. The Hall–Kier alpha value is -1.58. The average molecular weight is 258 g/mol. The molecule has 1 aliphatic rings. The Labute approximate surface area is 114 Å². The molecule has 2 heterocycles. The Balaban J connectivity index is 1.48. The van der Waals surface area contributed by atoms with Crippen LogP contribution in [-0.2, 0) is 12.8 Å². The molecule has 2 aromatic heterocycles. The van der Waals surface area contributed by atoms with E-state index >= 15 is 0 Å². The number of aryl methyl sites for hydroxylation is 2. The van der Waals surface area contributed by atoms with Crippen molar-refractivity contribution in [2.75, 3.05) is 0 Å². The van der Waals surface area contributed by atoms with Gasteiger partial charge in [-0.3, -0.25) is 10.2 Å². The van der Waals surface area contributed by atoms with Crippen LogP contribution in [0.4, 0.5) is 0 Å².